The van der Waals surface area contributed by atoms with Crippen molar-refractivity contribution in [1.29, 1.82) is 0 Å². The van der Waals surface area contributed by atoms with Gasteiger partial charge in [-0.15, -0.1) is 0 Å². The van der Waals surface area contributed by atoms with Crippen molar-refractivity contribution in [2.24, 2.45) is 0 Å². The maximum atomic E-state index is 5.24. The average molecular weight is 382 g/mol. The van der Waals surface area contributed by atoms with Crippen molar-refractivity contribution < 1.29 is 26.3 Å². The van der Waals surface area contributed by atoms with Crippen LogP contribution in [0.25, 0.3) is 0 Å². The largest absolute Gasteiger partial charge is 1.00 e. The van der Waals surface area contributed by atoms with Crippen molar-refractivity contribution >= 4 is 6.34 Å². The summed E-state index contributed by atoms with van der Waals surface area (Å²) < 4.78 is 7.74. The Balaban J connectivity index is 0.00000192. The SMILES string of the molecule is COc1ccc(CN2CCCN3C=[N+](CCC3)CCC2)cc1.[Br-]. The van der Waals surface area contributed by atoms with E-state index in [-0.39, 0.29) is 17.0 Å². The second-order valence-electron chi connectivity index (χ2n) is 6.37. The van der Waals surface area contributed by atoms with Gasteiger partial charge in [0.15, 0.2) is 0 Å². The average Bonchev–Trinajstić information content (AvgIpc) is 2.55. The zero-order valence-corrected chi connectivity index (χ0v) is 15.7. The van der Waals surface area contributed by atoms with E-state index in [9.17, 15) is 0 Å². The number of rotatable bonds is 3. The molecule has 3 rings (SSSR count). The minimum atomic E-state index is 0. The van der Waals surface area contributed by atoms with E-state index < -0.39 is 0 Å². The summed E-state index contributed by atoms with van der Waals surface area (Å²) in [5, 5.41) is 0. The first-order valence-electron chi connectivity index (χ1n) is 8.52. The zero-order chi connectivity index (χ0) is 15.2. The molecule has 0 amide bonds. The van der Waals surface area contributed by atoms with Crippen molar-refractivity contribution in [1.82, 2.24) is 9.80 Å². The fourth-order valence-electron chi connectivity index (χ4n) is 3.42. The van der Waals surface area contributed by atoms with Crippen LogP contribution in [-0.2, 0) is 6.54 Å². The van der Waals surface area contributed by atoms with Gasteiger partial charge >= 0.3 is 0 Å². The van der Waals surface area contributed by atoms with Crippen LogP contribution in [0, 0.1) is 0 Å². The third kappa shape index (κ3) is 5.50. The van der Waals surface area contributed by atoms with Gasteiger partial charge in [-0.2, -0.15) is 0 Å². The van der Waals surface area contributed by atoms with E-state index in [0.717, 1.165) is 12.3 Å². The van der Waals surface area contributed by atoms with Crippen LogP contribution in [0.5, 0.6) is 5.75 Å². The fourth-order valence-corrected chi connectivity index (χ4v) is 3.42. The molecule has 128 valence electrons. The first kappa shape index (κ1) is 18.3. The van der Waals surface area contributed by atoms with Gasteiger partial charge in [0.2, 0.25) is 6.34 Å². The van der Waals surface area contributed by atoms with Crippen LogP contribution in [0.4, 0.5) is 0 Å². The number of methoxy groups -OCH3 is 1. The molecule has 2 aliphatic rings. The van der Waals surface area contributed by atoms with Crippen molar-refractivity contribution in [3.8, 4) is 5.75 Å². The predicted molar refractivity (Wildman–Crippen MR) is 89.8 cm³/mol. The van der Waals surface area contributed by atoms with E-state index in [4.69, 9.17) is 4.74 Å². The van der Waals surface area contributed by atoms with Crippen LogP contribution in [0.15, 0.2) is 24.3 Å². The third-order valence-electron chi connectivity index (χ3n) is 4.62. The van der Waals surface area contributed by atoms with Crippen molar-refractivity contribution in [3.63, 3.8) is 0 Å². The van der Waals surface area contributed by atoms with Gasteiger partial charge in [-0.05, 0) is 30.5 Å². The molecule has 4 nitrogen and oxygen atoms in total. The molecule has 0 fully saturated rings. The Kier molecular flexibility index (Phi) is 7.37. The van der Waals surface area contributed by atoms with Gasteiger partial charge in [-0.3, -0.25) is 14.4 Å². The second-order valence-corrected chi connectivity index (χ2v) is 6.37. The van der Waals surface area contributed by atoms with Crippen LogP contribution in [0.1, 0.15) is 24.8 Å². The monoisotopic (exact) mass is 381 g/mol. The normalized spacial score (nSPS) is 19.5. The first-order valence-corrected chi connectivity index (χ1v) is 8.52. The number of fused-ring (bicyclic) bond motifs is 1. The lowest BCUT2D eigenvalue weighted by Crippen LogP contribution is -3.00. The van der Waals surface area contributed by atoms with E-state index >= 15 is 0 Å². The Morgan fingerprint density at radius 1 is 0.957 bits per heavy atom. The Morgan fingerprint density at radius 3 is 2.35 bits per heavy atom. The molecule has 0 aliphatic carbocycles. The molecule has 0 atom stereocenters. The Hall–Kier alpha value is -1.07. The molecular weight excluding hydrogens is 354 g/mol. The highest BCUT2D eigenvalue weighted by atomic mass is 79.9. The number of hydrogen-bond donors (Lipinski definition) is 0. The van der Waals surface area contributed by atoms with Crippen LogP contribution < -0.4 is 21.7 Å². The van der Waals surface area contributed by atoms with Gasteiger partial charge in [0.05, 0.1) is 33.3 Å². The summed E-state index contributed by atoms with van der Waals surface area (Å²) in [6.45, 7) is 8.27. The van der Waals surface area contributed by atoms with E-state index in [2.05, 4.69) is 45.0 Å². The summed E-state index contributed by atoms with van der Waals surface area (Å²) in [5.41, 5.74) is 1.38. The van der Waals surface area contributed by atoms with Gasteiger partial charge < -0.3 is 21.7 Å². The van der Waals surface area contributed by atoms with Gasteiger partial charge in [0.1, 0.15) is 5.75 Å². The van der Waals surface area contributed by atoms with Gasteiger partial charge in [-0.1, -0.05) is 12.1 Å². The second kappa shape index (κ2) is 9.28. The van der Waals surface area contributed by atoms with E-state index in [0.29, 0.717) is 0 Å². The molecule has 2 aliphatic heterocycles. The lowest BCUT2D eigenvalue weighted by atomic mass is 10.2. The lowest BCUT2D eigenvalue weighted by Gasteiger charge is -2.27. The van der Waals surface area contributed by atoms with Crippen molar-refractivity contribution in [2.75, 3.05) is 46.4 Å². The molecule has 2 heterocycles. The maximum Gasteiger partial charge on any atom is 0.234 e. The molecule has 23 heavy (non-hydrogen) atoms. The summed E-state index contributed by atoms with van der Waals surface area (Å²) in [5.74, 6) is 0.939. The maximum absolute atomic E-state index is 5.24. The van der Waals surface area contributed by atoms with E-state index in [1.54, 1.807) is 7.11 Å². The van der Waals surface area contributed by atoms with Crippen LogP contribution in [0.2, 0.25) is 0 Å². The topological polar surface area (TPSA) is 18.7 Å². The Labute approximate surface area is 150 Å². The molecule has 1 aromatic rings. The van der Waals surface area contributed by atoms with Crippen molar-refractivity contribution in [3.05, 3.63) is 29.8 Å². The molecule has 0 saturated heterocycles. The number of halogens is 1. The molecular formula is C18H28BrN3O. The molecule has 5 heteroatoms. The summed E-state index contributed by atoms with van der Waals surface area (Å²) >= 11 is 0. The predicted octanol–water partition coefficient (Wildman–Crippen LogP) is -0.958. The van der Waals surface area contributed by atoms with Crippen molar-refractivity contribution in [2.45, 2.75) is 25.8 Å². The standard InChI is InChI=1S/C18H28N3O.BrH/c1-22-18-7-5-17(6-8-18)15-19-9-2-11-20-13-4-14-21(16-20)12-3-10-19;/h5-8,16H,2-4,9-15H2,1H3;1H/q+1;/p-1. The highest BCUT2D eigenvalue weighted by molar-refractivity contribution is 5.49. The molecule has 2 bridgehead atoms. The minimum absolute atomic E-state index is 0. The van der Waals surface area contributed by atoms with Gasteiger partial charge in [-0.25, -0.2) is 0 Å². The first-order chi connectivity index (χ1) is 10.8. The smallest absolute Gasteiger partial charge is 0.234 e. The molecule has 1 aromatic carbocycles. The van der Waals surface area contributed by atoms with E-state index in [1.807, 2.05) is 0 Å². The van der Waals surface area contributed by atoms with Gasteiger partial charge in [0.25, 0.3) is 0 Å². The van der Waals surface area contributed by atoms with E-state index in [1.165, 1.54) is 64.1 Å². The quantitative estimate of drug-likeness (QED) is 0.628. The molecule has 0 saturated carbocycles. The summed E-state index contributed by atoms with van der Waals surface area (Å²) in [6.07, 6.45) is 6.18. The van der Waals surface area contributed by atoms with Crippen LogP contribution >= 0.6 is 0 Å². The number of hydrogen-bond acceptors (Lipinski definition) is 3. The molecule has 0 spiro atoms. The summed E-state index contributed by atoms with van der Waals surface area (Å²) in [7, 11) is 1.72. The molecule has 0 N–H and O–H groups in total. The minimum Gasteiger partial charge on any atom is -1.00 e. The Bertz CT molecular complexity index is 503. The lowest BCUT2D eigenvalue weighted by molar-refractivity contribution is -0.533. The Morgan fingerprint density at radius 2 is 1.61 bits per heavy atom. The number of ether oxygens (including phenoxy) is 1. The molecule has 0 unspecified atom stereocenters. The van der Waals surface area contributed by atoms with Gasteiger partial charge in [0, 0.05) is 26.1 Å². The molecule has 0 radical (unpaired) electrons. The number of nitrogens with zero attached hydrogens (tertiary/aromatic N) is 3. The fraction of sp³-hybridized carbons (Fsp3) is 0.611. The molecule has 0 aromatic heterocycles. The third-order valence-corrected chi connectivity index (χ3v) is 4.62. The highest BCUT2D eigenvalue weighted by Crippen LogP contribution is 2.14. The number of benzene rings is 1. The zero-order valence-electron chi connectivity index (χ0n) is 14.1. The summed E-state index contributed by atoms with van der Waals surface area (Å²) in [4.78, 5) is 5.10. The highest BCUT2D eigenvalue weighted by Gasteiger charge is 2.18. The van der Waals surface area contributed by atoms with Crippen LogP contribution in [-0.4, -0.2) is 67.1 Å². The van der Waals surface area contributed by atoms with Crippen LogP contribution in [0.3, 0.4) is 0 Å². The summed E-state index contributed by atoms with van der Waals surface area (Å²) in [6, 6.07) is 8.50.